The first-order chi connectivity index (χ1) is 8.88. The largest absolute Gasteiger partial charge is 0.653 e. The van der Waals surface area contributed by atoms with Gasteiger partial charge in [-0.3, -0.25) is 0 Å². The van der Waals surface area contributed by atoms with Crippen molar-refractivity contribution in [2.45, 2.75) is 0 Å². The predicted octanol–water partition coefficient (Wildman–Crippen LogP) is 2.93. The van der Waals surface area contributed by atoms with Crippen LogP contribution in [-0.2, 0) is 0 Å². The van der Waals surface area contributed by atoms with Gasteiger partial charge in [-0.05, 0) is 23.6 Å². The molecule has 6 heteroatoms. The van der Waals surface area contributed by atoms with Crippen LogP contribution in [0.4, 0.5) is 0 Å². The molecule has 0 spiro atoms. The molecule has 3 rings (SSSR count). The molecule has 0 bridgehead atoms. The lowest BCUT2D eigenvalue weighted by Crippen LogP contribution is -1.88. The molecule has 18 heavy (non-hydrogen) atoms. The number of benzene rings is 1. The summed E-state index contributed by atoms with van der Waals surface area (Å²) in [5.74, 6) is 1.67. The number of rotatable bonds is 3. The van der Waals surface area contributed by atoms with E-state index in [1.54, 1.807) is 11.3 Å². The van der Waals surface area contributed by atoms with Gasteiger partial charge in [0.15, 0.2) is 0 Å². The maximum atomic E-state index is 5.66. The summed E-state index contributed by atoms with van der Waals surface area (Å²) in [6, 6.07) is 11.4. The molecule has 0 aliphatic carbocycles. The van der Waals surface area contributed by atoms with E-state index in [0.717, 1.165) is 10.4 Å². The van der Waals surface area contributed by atoms with Crippen LogP contribution in [0.25, 0.3) is 22.2 Å². The number of nitrogens with zero attached hydrogens (tertiary/aromatic N) is 2. The highest BCUT2D eigenvalue weighted by Crippen LogP contribution is 2.31. The van der Waals surface area contributed by atoms with Crippen molar-refractivity contribution in [2.75, 3.05) is 0 Å². The quantitative estimate of drug-likeness (QED) is 0.686. The van der Waals surface area contributed by atoms with E-state index in [0.29, 0.717) is 17.5 Å². The van der Waals surface area contributed by atoms with Gasteiger partial charge in [0.25, 0.3) is 11.8 Å². The zero-order valence-corrected chi connectivity index (χ0v) is 11.2. The highest BCUT2D eigenvalue weighted by molar-refractivity contribution is 7.13. The first-order valence-electron chi connectivity index (χ1n) is 5.22. The van der Waals surface area contributed by atoms with Gasteiger partial charge in [-0.25, -0.2) is 0 Å². The van der Waals surface area contributed by atoms with Crippen LogP contribution < -0.4 is 3.79 Å². The van der Waals surface area contributed by atoms with Gasteiger partial charge >= 0.3 is 16.6 Å². The lowest BCUT2D eigenvalue weighted by molar-refractivity contribution is 0.574. The molecule has 0 aliphatic rings. The average Bonchev–Trinajstić information content (AvgIpc) is 3.09. The van der Waals surface area contributed by atoms with Gasteiger partial charge in [-0.2, -0.15) is 0 Å². The summed E-state index contributed by atoms with van der Waals surface area (Å²) in [6.45, 7) is 0. The number of aromatic nitrogens is 2. The van der Waals surface area contributed by atoms with Gasteiger partial charge in [-0.15, -0.1) is 21.5 Å². The summed E-state index contributed by atoms with van der Waals surface area (Å²) in [6.07, 6.45) is 0. The van der Waals surface area contributed by atoms with Crippen LogP contribution in [0.3, 0.4) is 0 Å². The molecule has 0 fully saturated rings. The summed E-state index contributed by atoms with van der Waals surface area (Å²) in [5, 5.41) is 10.1. The highest BCUT2D eigenvalue weighted by atomic mass is 32.1. The van der Waals surface area contributed by atoms with E-state index in [1.165, 1.54) is 0 Å². The zero-order valence-electron chi connectivity index (χ0n) is 9.24. The van der Waals surface area contributed by atoms with Crippen molar-refractivity contribution in [1.82, 2.24) is 10.2 Å². The summed E-state index contributed by atoms with van der Waals surface area (Å²) >= 11 is 3.78. The molecule has 4 nitrogen and oxygen atoms in total. The first-order valence-corrected chi connectivity index (χ1v) is 6.57. The Morgan fingerprint density at radius 2 is 1.89 bits per heavy atom. The molecule has 2 aromatic heterocycles. The number of hydrogen-bond donors (Lipinski definition) is 0. The van der Waals surface area contributed by atoms with E-state index in [2.05, 4.69) is 26.8 Å². The molecule has 0 N–H and O–H groups in total. The van der Waals surface area contributed by atoms with Crippen molar-refractivity contribution in [3.8, 4) is 28.0 Å². The third-order valence-electron chi connectivity index (χ3n) is 2.40. The standard InChI is InChI=1S/C12H8N2O2S.Al/c15-9-5-2-1-4-8(9)11-13-14-12(16-11)10-6-3-7-17-10;/h1-7,15H;/q;+1/p-1. The lowest BCUT2D eigenvalue weighted by atomic mass is 10.2. The van der Waals surface area contributed by atoms with Gasteiger partial charge in [0.05, 0.1) is 16.2 Å². The van der Waals surface area contributed by atoms with Crippen molar-refractivity contribution in [3.63, 3.8) is 0 Å². The Labute approximate surface area is 116 Å². The molecule has 0 amide bonds. The number of para-hydroxylation sites is 1. The van der Waals surface area contributed by atoms with E-state index in [1.807, 2.05) is 41.8 Å². The maximum absolute atomic E-state index is 5.66. The first kappa shape index (κ1) is 11.5. The van der Waals surface area contributed by atoms with Crippen molar-refractivity contribution >= 4 is 28.0 Å². The molecular formula is C12H7AlN2O2S. The monoisotopic (exact) mass is 270 g/mol. The summed E-state index contributed by atoms with van der Waals surface area (Å²) < 4.78 is 10.8. The Bertz CT molecular complexity index is 652. The molecule has 0 atom stereocenters. The topological polar surface area (TPSA) is 48.2 Å². The van der Waals surface area contributed by atoms with E-state index < -0.39 is 0 Å². The van der Waals surface area contributed by atoms with Crippen molar-refractivity contribution in [3.05, 3.63) is 41.8 Å². The van der Waals surface area contributed by atoms with Gasteiger partial charge in [0, 0.05) is 0 Å². The minimum atomic E-state index is 0.455. The molecule has 3 aromatic rings. The number of hydrogen-bond acceptors (Lipinski definition) is 5. The second-order valence-electron chi connectivity index (χ2n) is 3.50. The molecule has 0 aliphatic heterocycles. The van der Waals surface area contributed by atoms with Crippen LogP contribution >= 0.6 is 11.3 Å². The van der Waals surface area contributed by atoms with Gasteiger partial charge in [0.1, 0.15) is 0 Å². The van der Waals surface area contributed by atoms with E-state index in [4.69, 9.17) is 8.21 Å². The molecule has 1 aromatic carbocycles. The van der Waals surface area contributed by atoms with E-state index in [-0.39, 0.29) is 0 Å². The molecule has 0 saturated carbocycles. The van der Waals surface area contributed by atoms with Gasteiger partial charge < -0.3 is 8.21 Å². The molecule has 2 radical (unpaired) electrons. The SMILES string of the molecule is [Al][O]c1ccccc1-c1nnc(-c2cccs2)o1. The molecule has 2 heterocycles. The van der Waals surface area contributed by atoms with Crippen LogP contribution in [0.2, 0.25) is 0 Å². The predicted molar refractivity (Wildman–Crippen MR) is 69.4 cm³/mol. The summed E-state index contributed by atoms with van der Waals surface area (Å²) in [5.41, 5.74) is 0.780. The van der Waals surface area contributed by atoms with E-state index >= 15 is 0 Å². The summed E-state index contributed by atoms with van der Waals surface area (Å²) in [7, 11) is 0. The van der Waals surface area contributed by atoms with Crippen LogP contribution in [-0.4, -0.2) is 26.8 Å². The molecule has 0 saturated heterocycles. The minimum Gasteiger partial charge on any atom is -0.653 e. The Hall–Kier alpha value is -1.61. The molecule has 86 valence electrons. The van der Waals surface area contributed by atoms with Gasteiger partial charge in [0.2, 0.25) is 0 Å². The normalized spacial score (nSPS) is 10.4. The van der Waals surface area contributed by atoms with Crippen molar-refractivity contribution in [1.29, 1.82) is 0 Å². The fourth-order valence-corrected chi connectivity index (χ4v) is 2.43. The average molecular weight is 270 g/mol. The fraction of sp³-hybridized carbons (Fsp3) is 0. The minimum absolute atomic E-state index is 0.455. The Morgan fingerprint density at radius 3 is 2.67 bits per heavy atom. The second kappa shape index (κ2) is 4.95. The second-order valence-corrected chi connectivity index (χ2v) is 4.69. The number of thiophene rings is 1. The molecular weight excluding hydrogens is 263 g/mol. The summed E-state index contributed by atoms with van der Waals surface area (Å²) in [4.78, 5) is 0.957. The van der Waals surface area contributed by atoms with Crippen LogP contribution in [0.15, 0.2) is 46.2 Å². The maximum Gasteiger partial charge on any atom is 0.482 e. The third kappa shape index (κ3) is 2.06. The lowest BCUT2D eigenvalue weighted by Gasteiger charge is -2.05. The fourth-order valence-electron chi connectivity index (χ4n) is 1.58. The Morgan fingerprint density at radius 1 is 1.06 bits per heavy atom. The van der Waals surface area contributed by atoms with Crippen LogP contribution in [0, 0.1) is 0 Å². The van der Waals surface area contributed by atoms with Crippen molar-refractivity contribution < 1.29 is 8.21 Å². The third-order valence-corrected chi connectivity index (χ3v) is 3.51. The smallest absolute Gasteiger partial charge is 0.482 e. The Balaban J connectivity index is 2.03. The Kier molecular flexibility index (Phi) is 3.15. The van der Waals surface area contributed by atoms with Crippen LogP contribution in [0.1, 0.15) is 0 Å². The zero-order chi connectivity index (χ0) is 12.4. The van der Waals surface area contributed by atoms with E-state index in [9.17, 15) is 0 Å². The van der Waals surface area contributed by atoms with Crippen LogP contribution in [0.5, 0.6) is 5.75 Å². The van der Waals surface area contributed by atoms with Crippen molar-refractivity contribution in [2.24, 2.45) is 0 Å². The van der Waals surface area contributed by atoms with Gasteiger partial charge in [-0.1, -0.05) is 18.2 Å². The molecule has 0 unspecified atom stereocenters. The highest BCUT2D eigenvalue weighted by Gasteiger charge is 2.13.